The molecule has 0 unspecified atom stereocenters. The maximum absolute atomic E-state index is 12.2. The lowest BCUT2D eigenvalue weighted by atomic mass is 10.1. The van der Waals surface area contributed by atoms with Crippen molar-refractivity contribution in [2.24, 2.45) is 5.73 Å². The van der Waals surface area contributed by atoms with E-state index in [1.807, 2.05) is 36.6 Å². The Balaban J connectivity index is 1.67. The number of carbonyl (C=O) groups excluding carboxylic acids is 1. The number of aryl methyl sites for hydroxylation is 1. The van der Waals surface area contributed by atoms with Crippen molar-refractivity contribution in [1.29, 1.82) is 0 Å². The number of aromatic nitrogens is 1. The van der Waals surface area contributed by atoms with Gasteiger partial charge in [0.1, 0.15) is 6.10 Å². The fraction of sp³-hybridized carbons (Fsp3) is 0.375. The minimum atomic E-state index is -0.417. The van der Waals surface area contributed by atoms with Crippen molar-refractivity contribution >= 4 is 22.4 Å². The Hall–Kier alpha value is -1.76. The molecular formula is C16H19N3O2S. The molecule has 1 aliphatic heterocycles. The highest BCUT2D eigenvalue weighted by molar-refractivity contribution is 7.14. The van der Waals surface area contributed by atoms with Gasteiger partial charge in [-0.2, -0.15) is 0 Å². The first-order valence-electron chi connectivity index (χ1n) is 7.35. The fourth-order valence-electron chi connectivity index (χ4n) is 2.57. The predicted octanol–water partition coefficient (Wildman–Crippen LogP) is 2.56. The molecule has 1 aliphatic rings. The van der Waals surface area contributed by atoms with Crippen LogP contribution in [-0.4, -0.2) is 29.6 Å². The largest absolute Gasteiger partial charge is 0.364 e. The summed E-state index contributed by atoms with van der Waals surface area (Å²) in [6, 6.07) is 8.06. The van der Waals surface area contributed by atoms with Gasteiger partial charge in [0, 0.05) is 17.5 Å². The molecule has 0 aliphatic carbocycles. The average Bonchev–Trinajstić information content (AvgIpc) is 3.16. The Labute approximate surface area is 133 Å². The van der Waals surface area contributed by atoms with Gasteiger partial charge in [-0.25, -0.2) is 4.98 Å². The zero-order valence-electron chi connectivity index (χ0n) is 12.4. The van der Waals surface area contributed by atoms with Gasteiger partial charge in [0.15, 0.2) is 5.13 Å². The van der Waals surface area contributed by atoms with Crippen LogP contribution in [0.5, 0.6) is 0 Å². The van der Waals surface area contributed by atoms with E-state index in [4.69, 9.17) is 10.5 Å². The monoisotopic (exact) mass is 317 g/mol. The molecule has 1 amide bonds. The predicted molar refractivity (Wildman–Crippen MR) is 87.9 cm³/mol. The Morgan fingerprint density at radius 1 is 1.45 bits per heavy atom. The summed E-state index contributed by atoms with van der Waals surface area (Å²) in [4.78, 5) is 16.7. The van der Waals surface area contributed by atoms with Crippen LogP contribution in [0.2, 0.25) is 0 Å². The second-order valence-corrected chi connectivity index (χ2v) is 6.26. The van der Waals surface area contributed by atoms with Crippen LogP contribution >= 0.6 is 11.3 Å². The zero-order chi connectivity index (χ0) is 15.5. The third-order valence-corrected chi connectivity index (χ3v) is 4.58. The second-order valence-electron chi connectivity index (χ2n) is 5.40. The number of benzene rings is 1. The van der Waals surface area contributed by atoms with E-state index in [1.165, 1.54) is 11.3 Å². The highest BCUT2D eigenvalue weighted by atomic mass is 32.1. The molecule has 3 N–H and O–H groups in total. The van der Waals surface area contributed by atoms with Crippen LogP contribution in [0.3, 0.4) is 0 Å². The summed E-state index contributed by atoms with van der Waals surface area (Å²) < 4.78 is 5.59. The molecule has 5 nitrogen and oxygen atoms in total. The zero-order valence-corrected chi connectivity index (χ0v) is 13.2. The van der Waals surface area contributed by atoms with Crippen LogP contribution in [0.1, 0.15) is 18.4 Å². The standard InChI is InChI=1S/C16H19N3O2S/c1-10-4-2-3-5-12(10)13-9-22-16(18-13)19-15(20)14-7-6-11(8-17)21-14/h2-5,9,11,14H,6-8,17H2,1H3,(H,18,19,20)/t11-,14+/m1/s1. The van der Waals surface area contributed by atoms with E-state index >= 15 is 0 Å². The Morgan fingerprint density at radius 3 is 3.00 bits per heavy atom. The van der Waals surface area contributed by atoms with Gasteiger partial charge in [-0.1, -0.05) is 24.3 Å². The minimum absolute atomic E-state index is 0.00502. The van der Waals surface area contributed by atoms with E-state index in [1.54, 1.807) is 0 Å². The highest BCUT2D eigenvalue weighted by Crippen LogP contribution is 2.28. The van der Waals surface area contributed by atoms with Crippen molar-refractivity contribution < 1.29 is 9.53 Å². The van der Waals surface area contributed by atoms with Gasteiger partial charge >= 0.3 is 0 Å². The summed E-state index contributed by atoms with van der Waals surface area (Å²) >= 11 is 1.42. The van der Waals surface area contributed by atoms with Gasteiger partial charge in [-0.3, -0.25) is 10.1 Å². The third kappa shape index (κ3) is 3.19. The number of carbonyl (C=O) groups is 1. The van der Waals surface area contributed by atoms with E-state index in [-0.39, 0.29) is 12.0 Å². The van der Waals surface area contributed by atoms with E-state index < -0.39 is 6.10 Å². The van der Waals surface area contributed by atoms with Crippen LogP contribution in [0.25, 0.3) is 11.3 Å². The van der Waals surface area contributed by atoms with Crippen LogP contribution in [0, 0.1) is 6.92 Å². The van der Waals surface area contributed by atoms with Crippen molar-refractivity contribution in [3.8, 4) is 11.3 Å². The summed E-state index contributed by atoms with van der Waals surface area (Å²) in [5.41, 5.74) is 8.69. The molecule has 0 radical (unpaired) electrons. The molecule has 1 fully saturated rings. The van der Waals surface area contributed by atoms with Crippen molar-refractivity contribution in [1.82, 2.24) is 4.98 Å². The SMILES string of the molecule is Cc1ccccc1-c1csc(NC(=O)[C@@H]2CC[C@H](CN)O2)n1. The van der Waals surface area contributed by atoms with E-state index in [0.717, 1.165) is 23.2 Å². The van der Waals surface area contributed by atoms with Crippen molar-refractivity contribution in [3.05, 3.63) is 35.2 Å². The molecule has 1 aromatic carbocycles. The molecule has 116 valence electrons. The van der Waals surface area contributed by atoms with Crippen LogP contribution < -0.4 is 11.1 Å². The second kappa shape index (κ2) is 6.56. The normalized spacial score (nSPS) is 21.0. The smallest absolute Gasteiger partial charge is 0.255 e. The number of nitrogens with one attached hydrogen (secondary N) is 1. The summed E-state index contributed by atoms with van der Waals surface area (Å²) in [5.74, 6) is -0.137. The number of nitrogens with two attached hydrogens (primary N) is 1. The van der Waals surface area contributed by atoms with Gasteiger partial charge < -0.3 is 10.5 Å². The van der Waals surface area contributed by atoms with Crippen LogP contribution in [0.15, 0.2) is 29.6 Å². The lowest BCUT2D eigenvalue weighted by Crippen LogP contribution is -2.29. The van der Waals surface area contributed by atoms with Gasteiger partial charge in [0.2, 0.25) is 0 Å². The van der Waals surface area contributed by atoms with Crippen LogP contribution in [0.4, 0.5) is 5.13 Å². The molecule has 0 bridgehead atoms. The molecule has 2 atom stereocenters. The van der Waals surface area contributed by atoms with E-state index in [9.17, 15) is 4.79 Å². The number of rotatable bonds is 4. The highest BCUT2D eigenvalue weighted by Gasteiger charge is 2.30. The quantitative estimate of drug-likeness (QED) is 0.908. The van der Waals surface area contributed by atoms with Crippen LogP contribution in [-0.2, 0) is 9.53 Å². The molecule has 2 heterocycles. The van der Waals surface area contributed by atoms with Gasteiger partial charge in [-0.15, -0.1) is 11.3 Å². The topological polar surface area (TPSA) is 77.2 Å². The Bertz CT molecular complexity index is 671. The first-order valence-corrected chi connectivity index (χ1v) is 8.23. The lowest BCUT2D eigenvalue weighted by Gasteiger charge is -2.11. The van der Waals surface area contributed by atoms with Gasteiger partial charge in [-0.05, 0) is 25.3 Å². The maximum Gasteiger partial charge on any atom is 0.255 e. The molecule has 1 saturated heterocycles. The van der Waals surface area contributed by atoms with Gasteiger partial charge in [0.25, 0.3) is 5.91 Å². The molecule has 1 aromatic heterocycles. The number of thiazole rings is 1. The van der Waals surface area contributed by atoms with Crippen molar-refractivity contribution in [2.75, 3.05) is 11.9 Å². The minimum Gasteiger partial charge on any atom is -0.364 e. The summed E-state index contributed by atoms with van der Waals surface area (Å²) in [6.45, 7) is 2.50. The van der Waals surface area contributed by atoms with E-state index in [2.05, 4.69) is 10.3 Å². The number of nitrogens with zero attached hydrogens (tertiary/aromatic N) is 1. The number of hydrogen-bond donors (Lipinski definition) is 2. The fourth-order valence-corrected chi connectivity index (χ4v) is 3.29. The maximum atomic E-state index is 12.2. The lowest BCUT2D eigenvalue weighted by molar-refractivity contribution is -0.126. The summed E-state index contributed by atoms with van der Waals surface area (Å²) in [5, 5.41) is 5.40. The van der Waals surface area contributed by atoms with Crippen molar-refractivity contribution in [2.45, 2.75) is 32.0 Å². The summed E-state index contributed by atoms with van der Waals surface area (Å²) in [6.07, 6.45) is 1.12. The van der Waals surface area contributed by atoms with E-state index in [0.29, 0.717) is 18.1 Å². The average molecular weight is 317 g/mol. The Morgan fingerprint density at radius 2 is 2.27 bits per heavy atom. The first-order chi connectivity index (χ1) is 10.7. The molecule has 0 saturated carbocycles. The number of ether oxygens (including phenoxy) is 1. The molecule has 3 rings (SSSR count). The Kier molecular flexibility index (Phi) is 4.52. The molecule has 0 spiro atoms. The third-order valence-electron chi connectivity index (χ3n) is 3.82. The van der Waals surface area contributed by atoms with Crippen molar-refractivity contribution in [3.63, 3.8) is 0 Å². The first kappa shape index (κ1) is 15.1. The number of hydrogen-bond acceptors (Lipinski definition) is 5. The molecular weight excluding hydrogens is 298 g/mol. The van der Waals surface area contributed by atoms with Gasteiger partial charge in [0.05, 0.1) is 11.8 Å². The number of amides is 1. The molecule has 2 aromatic rings. The number of anilines is 1. The molecule has 6 heteroatoms. The summed E-state index contributed by atoms with van der Waals surface area (Å²) in [7, 11) is 0. The molecule has 22 heavy (non-hydrogen) atoms.